The summed E-state index contributed by atoms with van der Waals surface area (Å²) >= 11 is 1.46. The quantitative estimate of drug-likeness (QED) is 0.429. The molecule has 0 radical (unpaired) electrons. The topological polar surface area (TPSA) is 79.2 Å². The lowest BCUT2D eigenvalue weighted by molar-refractivity contribution is -0.122. The normalized spacial score (nSPS) is 15.7. The van der Waals surface area contributed by atoms with Crippen molar-refractivity contribution in [1.82, 2.24) is 19.2 Å². The summed E-state index contributed by atoms with van der Waals surface area (Å²) in [5.74, 6) is 0.623. The van der Waals surface area contributed by atoms with Gasteiger partial charge in [0.1, 0.15) is 11.8 Å². The van der Waals surface area contributed by atoms with Gasteiger partial charge in [-0.2, -0.15) is 0 Å². The Bertz CT molecular complexity index is 1360. The summed E-state index contributed by atoms with van der Waals surface area (Å²) in [7, 11) is 1.61. The number of hydrogen-bond donors (Lipinski definition) is 1. The molecule has 0 aliphatic carbocycles. The molecule has 1 fully saturated rings. The van der Waals surface area contributed by atoms with Crippen molar-refractivity contribution < 1.29 is 9.53 Å². The Balaban J connectivity index is 1.29. The molecule has 9 heteroatoms. The van der Waals surface area contributed by atoms with Crippen LogP contribution in [0.2, 0.25) is 0 Å². The molecule has 5 rings (SSSR count). The number of nitrogens with one attached hydrogen (secondary N) is 1. The minimum absolute atomic E-state index is 0.0526. The second-order valence-corrected chi connectivity index (χ2v) is 9.36. The Morgan fingerprint density at radius 3 is 2.66 bits per heavy atom. The maximum Gasteiger partial charge on any atom is 0.258 e. The number of carbonyl (C=O) groups excluding carboxylic acids is 1. The summed E-state index contributed by atoms with van der Waals surface area (Å²) < 4.78 is 6.86. The zero-order valence-electron chi connectivity index (χ0n) is 19.5. The number of thiazole rings is 1. The van der Waals surface area contributed by atoms with Gasteiger partial charge in [-0.05, 0) is 17.7 Å². The van der Waals surface area contributed by atoms with E-state index in [4.69, 9.17) is 4.74 Å². The largest absolute Gasteiger partial charge is 0.497 e. The molecule has 1 aliphatic heterocycles. The van der Waals surface area contributed by atoms with Gasteiger partial charge < -0.3 is 10.1 Å². The summed E-state index contributed by atoms with van der Waals surface area (Å²) in [5.41, 5.74) is 2.39. The first-order chi connectivity index (χ1) is 17.1. The first-order valence-electron chi connectivity index (χ1n) is 11.5. The highest BCUT2D eigenvalue weighted by molar-refractivity contribution is 7.15. The maximum atomic E-state index is 13.5. The third-order valence-electron chi connectivity index (χ3n) is 6.21. The van der Waals surface area contributed by atoms with E-state index in [2.05, 4.69) is 20.1 Å². The standard InChI is InChI=1S/C26H27N5O3S/c1-34-22-9-5-8-20(16-22)27-25(33)24(19-6-3-2-4-7-19)30-12-10-29(11-13-30)18-21-17-23(32)31-14-15-35-26(31)28-21/h2-9,14-17,24H,10-13,18H2,1H3,(H,27,33). The lowest BCUT2D eigenvalue weighted by Gasteiger charge is -2.38. The van der Waals surface area contributed by atoms with Gasteiger partial charge in [0, 0.05) is 62.1 Å². The minimum atomic E-state index is -0.408. The van der Waals surface area contributed by atoms with Crippen LogP contribution in [0, 0.1) is 0 Å². The average molecular weight is 490 g/mol. The Labute approximate surface area is 207 Å². The molecular weight excluding hydrogens is 462 g/mol. The molecule has 1 aliphatic rings. The predicted molar refractivity (Wildman–Crippen MR) is 137 cm³/mol. The number of methoxy groups -OCH3 is 1. The number of piperazine rings is 1. The van der Waals surface area contributed by atoms with Crippen LogP contribution in [0.1, 0.15) is 17.3 Å². The van der Waals surface area contributed by atoms with Gasteiger partial charge in [0.05, 0.1) is 12.8 Å². The summed E-state index contributed by atoms with van der Waals surface area (Å²) in [6.45, 7) is 3.63. The fourth-order valence-electron chi connectivity index (χ4n) is 4.45. The van der Waals surface area contributed by atoms with Crippen LogP contribution in [-0.2, 0) is 11.3 Å². The number of fused-ring (bicyclic) bond motifs is 1. The molecule has 1 unspecified atom stereocenters. The molecule has 0 saturated carbocycles. The second kappa shape index (κ2) is 10.4. The lowest BCUT2D eigenvalue weighted by Crippen LogP contribution is -2.49. The van der Waals surface area contributed by atoms with Crippen molar-refractivity contribution >= 4 is 27.9 Å². The molecule has 4 aromatic rings. The number of amides is 1. The predicted octanol–water partition coefficient (Wildman–Crippen LogP) is 3.26. The van der Waals surface area contributed by atoms with Gasteiger partial charge in [-0.3, -0.25) is 23.8 Å². The zero-order valence-corrected chi connectivity index (χ0v) is 20.3. The van der Waals surface area contributed by atoms with E-state index in [1.165, 1.54) is 11.3 Å². The number of hydrogen-bond acceptors (Lipinski definition) is 7. The molecule has 1 atom stereocenters. The average Bonchev–Trinajstić information content (AvgIpc) is 3.35. The number of carbonyl (C=O) groups is 1. The molecule has 8 nitrogen and oxygen atoms in total. The third-order valence-corrected chi connectivity index (χ3v) is 6.97. The molecular formula is C26H27N5O3S. The Morgan fingerprint density at radius 1 is 1.09 bits per heavy atom. The molecule has 0 bridgehead atoms. The summed E-state index contributed by atoms with van der Waals surface area (Å²) in [6, 6.07) is 18.5. The smallest absolute Gasteiger partial charge is 0.258 e. The van der Waals surface area contributed by atoms with Gasteiger partial charge in [-0.15, -0.1) is 11.3 Å². The van der Waals surface area contributed by atoms with Crippen LogP contribution in [0.25, 0.3) is 4.96 Å². The molecule has 35 heavy (non-hydrogen) atoms. The van der Waals surface area contributed by atoms with Crippen LogP contribution in [0.3, 0.4) is 0 Å². The van der Waals surface area contributed by atoms with E-state index < -0.39 is 6.04 Å². The van der Waals surface area contributed by atoms with Crippen molar-refractivity contribution in [3.05, 3.63) is 93.9 Å². The van der Waals surface area contributed by atoms with Crippen molar-refractivity contribution in [1.29, 1.82) is 0 Å². The highest BCUT2D eigenvalue weighted by Crippen LogP contribution is 2.26. The van der Waals surface area contributed by atoms with Gasteiger partial charge in [0.25, 0.3) is 5.56 Å². The fraction of sp³-hybridized carbons (Fsp3) is 0.269. The van der Waals surface area contributed by atoms with E-state index in [1.54, 1.807) is 23.8 Å². The molecule has 1 saturated heterocycles. The molecule has 2 aromatic carbocycles. The fourth-order valence-corrected chi connectivity index (χ4v) is 5.19. The number of benzene rings is 2. The van der Waals surface area contributed by atoms with Gasteiger partial charge >= 0.3 is 0 Å². The maximum absolute atomic E-state index is 13.5. The number of nitrogens with zero attached hydrogens (tertiary/aromatic N) is 4. The monoisotopic (exact) mass is 489 g/mol. The number of anilines is 1. The second-order valence-electron chi connectivity index (χ2n) is 8.49. The van der Waals surface area contributed by atoms with Crippen LogP contribution in [0.15, 0.2) is 77.0 Å². The van der Waals surface area contributed by atoms with E-state index in [0.29, 0.717) is 22.9 Å². The van der Waals surface area contributed by atoms with E-state index in [9.17, 15) is 9.59 Å². The number of rotatable bonds is 7. The van der Waals surface area contributed by atoms with Crippen molar-refractivity contribution in [2.75, 3.05) is 38.6 Å². The van der Waals surface area contributed by atoms with Crippen molar-refractivity contribution in [2.45, 2.75) is 12.6 Å². The summed E-state index contributed by atoms with van der Waals surface area (Å²) in [6.07, 6.45) is 1.75. The van der Waals surface area contributed by atoms with Gasteiger partial charge in [-0.25, -0.2) is 4.98 Å². The van der Waals surface area contributed by atoms with E-state index in [1.807, 2.05) is 60.0 Å². The summed E-state index contributed by atoms with van der Waals surface area (Å²) in [4.78, 5) is 35.6. The lowest BCUT2D eigenvalue weighted by atomic mass is 10.0. The molecule has 180 valence electrons. The Hall–Kier alpha value is -3.53. The van der Waals surface area contributed by atoms with Crippen LogP contribution >= 0.6 is 11.3 Å². The Morgan fingerprint density at radius 2 is 1.89 bits per heavy atom. The minimum Gasteiger partial charge on any atom is -0.497 e. The molecule has 1 N–H and O–H groups in total. The zero-order chi connectivity index (χ0) is 24.2. The van der Waals surface area contributed by atoms with Crippen LogP contribution in [-0.4, -0.2) is 58.4 Å². The van der Waals surface area contributed by atoms with Crippen molar-refractivity contribution in [2.24, 2.45) is 0 Å². The van der Waals surface area contributed by atoms with Crippen molar-refractivity contribution in [3.8, 4) is 5.75 Å². The highest BCUT2D eigenvalue weighted by atomic mass is 32.1. The third kappa shape index (κ3) is 5.27. The van der Waals surface area contributed by atoms with E-state index in [0.717, 1.165) is 37.4 Å². The van der Waals surface area contributed by atoms with E-state index in [-0.39, 0.29) is 11.5 Å². The number of ether oxygens (including phenoxy) is 1. The van der Waals surface area contributed by atoms with Crippen LogP contribution < -0.4 is 15.6 Å². The molecule has 2 aromatic heterocycles. The first kappa shape index (κ1) is 23.2. The van der Waals surface area contributed by atoms with E-state index >= 15 is 0 Å². The van der Waals surface area contributed by atoms with Gasteiger partial charge in [0.2, 0.25) is 5.91 Å². The van der Waals surface area contributed by atoms with Gasteiger partial charge in [-0.1, -0.05) is 36.4 Å². The molecule has 3 heterocycles. The summed E-state index contributed by atoms with van der Waals surface area (Å²) in [5, 5.41) is 4.93. The number of aromatic nitrogens is 2. The highest BCUT2D eigenvalue weighted by Gasteiger charge is 2.30. The van der Waals surface area contributed by atoms with Gasteiger partial charge in [0.15, 0.2) is 4.96 Å². The molecule has 1 amide bonds. The first-order valence-corrected chi connectivity index (χ1v) is 12.4. The SMILES string of the molecule is COc1cccc(NC(=O)C(c2ccccc2)N2CCN(Cc3cc(=O)n4ccsc4n3)CC2)c1. The van der Waals surface area contributed by atoms with Crippen LogP contribution in [0.4, 0.5) is 5.69 Å². The van der Waals surface area contributed by atoms with Crippen LogP contribution in [0.5, 0.6) is 5.75 Å². The van der Waals surface area contributed by atoms with Crippen molar-refractivity contribution in [3.63, 3.8) is 0 Å². The molecule has 0 spiro atoms. The Kier molecular flexibility index (Phi) is 6.89.